The number of carboxylic acids is 1. The first kappa shape index (κ1) is 13.5. The second-order valence-electron chi connectivity index (χ2n) is 3.75. The van der Waals surface area contributed by atoms with E-state index in [2.05, 4.69) is 27.3 Å². The first-order valence-electron chi connectivity index (χ1n) is 5.21. The van der Waals surface area contributed by atoms with Crippen molar-refractivity contribution in [3.05, 3.63) is 28.2 Å². The molecule has 0 aliphatic rings. The fourth-order valence-electron chi connectivity index (χ4n) is 1.44. The summed E-state index contributed by atoms with van der Waals surface area (Å²) in [6.45, 7) is 1.89. The van der Waals surface area contributed by atoms with Crippen molar-refractivity contribution in [3.8, 4) is 6.07 Å². The van der Waals surface area contributed by atoms with Crippen LogP contribution >= 0.6 is 15.9 Å². The average molecular weight is 297 g/mol. The zero-order valence-electron chi connectivity index (χ0n) is 9.40. The molecule has 0 aliphatic carbocycles. The molecule has 0 heterocycles. The topological polar surface area (TPSA) is 73.1 Å². The molecule has 5 heteroatoms. The van der Waals surface area contributed by atoms with Gasteiger partial charge in [-0.15, -0.1) is 0 Å². The van der Waals surface area contributed by atoms with E-state index < -0.39 is 5.97 Å². The zero-order chi connectivity index (χ0) is 12.8. The summed E-state index contributed by atoms with van der Waals surface area (Å²) < 4.78 is 0.732. The van der Waals surface area contributed by atoms with E-state index >= 15 is 0 Å². The average Bonchev–Trinajstić information content (AvgIpc) is 2.27. The van der Waals surface area contributed by atoms with E-state index in [0.717, 1.165) is 10.2 Å². The number of nitriles is 1. The van der Waals surface area contributed by atoms with Crippen LogP contribution in [0.3, 0.4) is 0 Å². The predicted octanol–water partition coefficient (Wildman–Crippen LogP) is 2.99. The van der Waals surface area contributed by atoms with Crippen LogP contribution in [0.25, 0.3) is 0 Å². The number of hydrogen-bond acceptors (Lipinski definition) is 3. The van der Waals surface area contributed by atoms with Crippen LogP contribution in [0.15, 0.2) is 22.7 Å². The van der Waals surface area contributed by atoms with Gasteiger partial charge < -0.3 is 10.4 Å². The normalized spacial score (nSPS) is 11.6. The van der Waals surface area contributed by atoms with Crippen LogP contribution in [0.2, 0.25) is 0 Å². The second-order valence-corrected chi connectivity index (χ2v) is 4.61. The maximum Gasteiger partial charge on any atom is 0.303 e. The molecule has 1 aromatic rings. The van der Waals surface area contributed by atoms with Gasteiger partial charge in [0, 0.05) is 16.9 Å². The SMILES string of the molecule is CC(CCC(=O)O)Nc1cccc(Br)c1C#N. The molecule has 0 radical (unpaired) electrons. The summed E-state index contributed by atoms with van der Waals surface area (Å²) in [4.78, 5) is 10.4. The minimum atomic E-state index is -0.812. The van der Waals surface area contributed by atoms with Gasteiger partial charge in [-0.1, -0.05) is 6.07 Å². The third-order valence-electron chi connectivity index (χ3n) is 2.32. The van der Waals surface area contributed by atoms with Gasteiger partial charge in [0.15, 0.2) is 0 Å². The molecule has 17 heavy (non-hydrogen) atoms. The van der Waals surface area contributed by atoms with Crippen molar-refractivity contribution in [2.24, 2.45) is 0 Å². The smallest absolute Gasteiger partial charge is 0.303 e. The lowest BCUT2D eigenvalue weighted by molar-refractivity contribution is -0.137. The highest BCUT2D eigenvalue weighted by molar-refractivity contribution is 9.10. The molecule has 0 bridgehead atoms. The summed E-state index contributed by atoms with van der Waals surface area (Å²) in [6, 6.07) is 7.55. The first-order valence-corrected chi connectivity index (χ1v) is 6.01. The lowest BCUT2D eigenvalue weighted by atomic mass is 10.1. The molecular weight excluding hydrogens is 284 g/mol. The van der Waals surface area contributed by atoms with Gasteiger partial charge in [0.2, 0.25) is 0 Å². The highest BCUT2D eigenvalue weighted by Gasteiger charge is 2.10. The Hall–Kier alpha value is -1.54. The van der Waals surface area contributed by atoms with E-state index in [0.29, 0.717) is 12.0 Å². The molecule has 0 saturated heterocycles. The number of nitrogens with one attached hydrogen (secondary N) is 1. The van der Waals surface area contributed by atoms with Gasteiger partial charge >= 0.3 is 5.97 Å². The number of hydrogen-bond donors (Lipinski definition) is 2. The van der Waals surface area contributed by atoms with Gasteiger partial charge in [-0.05, 0) is 41.4 Å². The van der Waals surface area contributed by atoms with Crippen LogP contribution < -0.4 is 5.32 Å². The Morgan fingerprint density at radius 1 is 1.65 bits per heavy atom. The highest BCUT2D eigenvalue weighted by atomic mass is 79.9. The van der Waals surface area contributed by atoms with E-state index in [1.165, 1.54) is 0 Å². The maximum atomic E-state index is 10.4. The molecule has 4 nitrogen and oxygen atoms in total. The predicted molar refractivity (Wildman–Crippen MR) is 68.8 cm³/mol. The standard InChI is InChI=1S/C12H13BrN2O2/c1-8(5-6-12(16)17)15-11-4-2-3-10(13)9(11)7-14/h2-4,8,15H,5-6H2,1H3,(H,16,17). The minimum absolute atomic E-state index is 0.00694. The summed E-state index contributed by atoms with van der Waals surface area (Å²) in [6.07, 6.45) is 0.636. The van der Waals surface area contributed by atoms with Gasteiger partial charge in [-0.25, -0.2) is 0 Å². The van der Waals surface area contributed by atoms with Gasteiger partial charge in [0.1, 0.15) is 6.07 Å². The number of benzene rings is 1. The maximum absolute atomic E-state index is 10.4. The van der Waals surface area contributed by atoms with Crippen molar-refractivity contribution in [2.75, 3.05) is 5.32 Å². The molecule has 1 unspecified atom stereocenters. The Morgan fingerprint density at radius 2 is 2.35 bits per heavy atom. The molecule has 0 aliphatic heterocycles. The third kappa shape index (κ3) is 4.08. The second kappa shape index (κ2) is 6.26. The largest absolute Gasteiger partial charge is 0.481 e. The Bertz CT molecular complexity index is 454. The summed E-state index contributed by atoms with van der Waals surface area (Å²) in [7, 11) is 0. The van der Waals surface area contributed by atoms with Gasteiger partial charge in [0.05, 0.1) is 11.3 Å². The number of carboxylic acid groups (broad SMARTS) is 1. The number of anilines is 1. The Labute approximate surface area is 108 Å². The number of aliphatic carboxylic acids is 1. The molecule has 0 aromatic heterocycles. The van der Waals surface area contributed by atoms with Crippen molar-refractivity contribution < 1.29 is 9.90 Å². The summed E-state index contributed by atoms with van der Waals surface area (Å²) in [5.74, 6) is -0.812. The van der Waals surface area contributed by atoms with E-state index in [4.69, 9.17) is 10.4 Å². The molecular formula is C12H13BrN2O2. The molecule has 90 valence electrons. The molecule has 0 saturated carbocycles. The summed E-state index contributed by atoms with van der Waals surface area (Å²) in [5.41, 5.74) is 1.26. The van der Waals surface area contributed by atoms with Crippen molar-refractivity contribution in [2.45, 2.75) is 25.8 Å². The number of nitrogens with zero attached hydrogens (tertiary/aromatic N) is 1. The molecule has 0 fully saturated rings. The van der Waals surface area contributed by atoms with Gasteiger partial charge in [-0.3, -0.25) is 4.79 Å². The fourth-order valence-corrected chi connectivity index (χ4v) is 1.89. The van der Waals surface area contributed by atoms with Gasteiger partial charge in [0.25, 0.3) is 0 Å². The fraction of sp³-hybridized carbons (Fsp3) is 0.333. The first-order chi connectivity index (χ1) is 8.04. The molecule has 1 rings (SSSR count). The van der Waals surface area contributed by atoms with Gasteiger partial charge in [-0.2, -0.15) is 5.26 Å². The zero-order valence-corrected chi connectivity index (χ0v) is 11.0. The highest BCUT2D eigenvalue weighted by Crippen LogP contribution is 2.24. The molecule has 2 N–H and O–H groups in total. The van der Waals surface area contributed by atoms with Crippen molar-refractivity contribution in [3.63, 3.8) is 0 Å². The van der Waals surface area contributed by atoms with Crippen LogP contribution in [0.4, 0.5) is 5.69 Å². The van der Waals surface area contributed by atoms with Crippen LogP contribution in [0, 0.1) is 11.3 Å². The van der Waals surface area contributed by atoms with Crippen molar-refractivity contribution in [1.29, 1.82) is 5.26 Å². The van der Waals surface area contributed by atoms with Crippen molar-refractivity contribution >= 4 is 27.6 Å². The number of carbonyl (C=O) groups is 1. The molecule has 0 amide bonds. The van der Waals surface area contributed by atoms with E-state index in [9.17, 15) is 4.79 Å². The summed E-state index contributed by atoms with van der Waals surface area (Å²) in [5, 5.41) is 20.7. The Kier molecular flexibility index (Phi) is 4.98. The number of halogens is 1. The third-order valence-corrected chi connectivity index (χ3v) is 2.98. The Balaban J connectivity index is 2.72. The minimum Gasteiger partial charge on any atom is -0.481 e. The lowest BCUT2D eigenvalue weighted by Crippen LogP contribution is -2.17. The van der Waals surface area contributed by atoms with Crippen LogP contribution in [0.1, 0.15) is 25.3 Å². The van der Waals surface area contributed by atoms with E-state index in [1.807, 2.05) is 13.0 Å². The van der Waals surface area contributed by atoms with Crippen LogP contribution in [-0.2, 0) is 4.79 Å². The molecule has 1 atom stereocenters. The molecule has 0 spiro atoms. The quantitative estimate of drug-likeness (QED) is 0.876. The monoisotopic (exact) mass is 296 g/mol. The van der Waals surface area contributed by atoms with Crippen LogP contribution in [-0.4, -0.2) is 17.1 Å². The van der Waals surface area contributed by atoms with Crippen LogP contribution in [0.5, 0.6) is 0 Å². The number of rotatable bonds is 5. The summed E-state index contributed by atoms with van der Waals surface area (Å²) >= 11 is 3.30. The van der Waals surface area contributed by atoms with E-state index in [-0.39, 0.29) is 12.5 Å². The van der Waals surface area contributed by atoms with Crippen molar-refractivity contribution in [1.82, 2.24) is 0 Å². The van der Waals surface area contributed by atoms with E-state index in [1.54, 1.807) is 12.1 Å². The lowest BCUT2D eigenvalue weighted by Gasteiger charge is -2.15. The molecule has 1 aromatic carbocycles. The Morgan fingerprint density at radius 3 is 2.94 bits per heavy atom.